The van der Waals surface area contributed by atoms with Crippen LogP contribution in [0.4, 0.5) is 11.4 Å². The van der Waals surface area contributed by atoms with Crippen LogP contribution >= 0.6 is 11.3 Å². The van der Waals surface area contributed by atoms with Gasteiger partial charge in [0.15, 0.2) is 0 Å². The molecule has 26 heavy (non-hydrogen) atoms. The van der Waals surface area contributed by atoms with E-state index >= 15 is 0 Å². The summed E-state index contributed by atoms with van der Waals surface area (Å²) in [5.41, 5.74) is 2.49. The van der Waals surface area contributed by atoms with Crippen LogP contribution in [0.1, 0.15) is 32.6 Å². The first-order valence-corrected chi connectivity index (χ1v) is 9.17. The molecule has 1 aromatic carbocycles. The monoisotopic (exact) mass is 373 g/mol. The molecule has 0 saturated carbocycles. The van der Waals surface area contributed by atoms with Gasteiger partial charge in [-0.25, -0.2) is 0 Å². The summed E-state index contributed by atoms with van der Waals surface area (Å²) < 4.78 is 0. The average Bonchev–Trinajstić information content (AvgIpc) is 3.21. The molecule has 2 heterocycles. The summed E-state index contributed by atoms with van der Waals surface area (Å²) in [7, 11) is 0. The van der Waals surface area contributed by atoms with Gasteiger partial charge in [-0.3, -0.25) is 19.7 Å². The predicted molar refractivity (Wildman–Crippen MR) is 99.9 cm³/mol. The molecule has 0 radical (unpaired) electrons. The fraction of sp³-hybridized carbons (Fsp3) is 0.333. The average molecular weight is 373 g/mol. The van der Waals surface area contributed by atoms with Crippen molar-refractivity contribution >= 4 is 34.5 Å². The van der Waals surface area contributed by atoms with E-state index in [1.54, 1.807) is 6.07 Å². The number of non-ortho nitro benzene ring substituents is 1. The molecule has 136 valence electrons. The Bertz CT molecular complexity index is 891. The summed E-state index contributed by atoms with van der Waals surface area (Å²) in [6, 6.07) is 6.37. The third-order valence-electron chi connectivity index (χ3n) is 4.44. The lowest BCUT2D eigenvalue weighted by Crippen LogP contribution is -2.39. The number of anilines is 1. The first-order chi connectivity index (χ1) is 12.4. The highest BCUT2D eigenvalue weighted by Gasteiger charge is 2.27. The standard InChI is InChI=1S/C18H19N3O4S/c1-3-15-11(2)8-16(26-15)18(23)19-10-17(22)20-7-6-12-4-5-13(21(24)25)9-14(12)20/h4-5,8-9H,3,6-7,10H2,1-2H3,(H,19,23). The fourth-order valence-corrected chi connectivity index (χ4v) is 4.09. The number of hydrogen-bond donors (Lipinski definition) is 1. The zero-order chi connectivity index (χ0) is 18.8. The van der Waals surface area contributed by atoms with Crippen LogP contribution in [-0.4, -0.2) is 29.8 Å². The summed E-state index contributed by atoms with van der Waals surface area (Å²) in [5, 5.41) is 13.6. The Hall–Kier alpha value is -2.74. The van der Waals surface area contributed by atoms with Gasteiger partial charge in [0.25, 0.3) is 11.6 Å². The molecule has 2 aromatic rings. The van der Waals surface area contributed by atoms with E-state index in [0.717, 1.165) is 22.4 Å². The molecule has 1 aromatic heterocycles. The minimum Gasteiger partial charge on any atom is -0.342 e. The molecule has 3 rings (SSSR count). The maximum atomic E-state index is 12.5. The maximum Gasteiger partial charge on any atom is 0.271 e. The van der Waals surface area contributed by atoms with Crippen molar-refractivity contribution in [1.29, 1.82) is 0 Å². The Morgan fingerprint density at radius 3 is 2.77 bits per heavy atom. The number of amides is 2. The van der Waals surface area contributed by atoms with Crippen molar-refractivity contribution in [3.63, 3.8) is 0 Å². The second kappa shape index (κ2) is 7.25. The number of nitro benzene ring substituents is 1. The third-order valence-corrected chi connectivity index (χ3v) is 5.82. The molecule has 8 heteroatoms. The highest BCUT2D eigenvalue weighted by atomic mass is 32.1. The number of aryl methyl sites for hydroxylation is 2. The van der Waals surface area contributed by atoms with Crippen molar-refractivity contribution in [1.82, 2.24) is 5.32 Å². The summed E-state index contributed by atoms with van der Waals surface area (Å²) in [6.45, 7) is 4.32. The van der Waals surface area contributed by atoms with Gasteiger partial charge in [0.2, 0.25) is 5.91 Å². The predicted octanol–water partition coefficient (Wildman–Crippen LogP) is 2.85. The Morgan fingerprint density at radius 2 is 2.12 bits per heavy atom. The van der Waals surface area contributed by atoms with Crippen molar-refractivity contribution in [2.45, 2.75) is 26.7 Å². The summed E-state index contributed by atoms with van der Waals surface area (Å²) >= 11 is 1.43. The number of nitro groups is 1. The normalized spacial score (nSPS) is 12.8. The van der Waals surface area contributed by atoms with Crippen LogP contribution in [0, 0.1) is 17.0 Å². The van der Waals surface area contributed by atoms with E-state index in [4.69, 9.17) is 0 Å². The van der Waals surface area contributed by atoms with E-state index in [0.29, 0.717) is 23.5 Å². The molecule has 0 unspecified atom stereocenters. The molecule has 2 amide bonds. The van der Waals surface area contributed by atoms with Crippen LogP contribution in [0.2, 0.25) is 0 Å². The van der Waals surface area contributed by atoms with Gasteiger partial charge >= 0.3 is 0 Å². The number of carbonyl (C=O) groups is 2. The summed E-state index contributed by atoms with van der Waals surface area (Å²) in [4.78, 5) is 38.5. The fourth-order valence-electron chi connectivity index (χ4n) is 3.06. The van der Waals surface area contributed by atoms with E-state index < -0.39 is 4.92 Å². The molecule has 0 spiro atoms. The van der Waals surface area contributed by atoms with Crippen LogP contribution in [0.25, 0.3) is 0 Å². The van der Waals surface area contributed by atoms with Gasteiger partial charge in [0.1, 0.15) is 0 Å². The SMILES string of the molecule is CCc1sc(C(=O)NCC(=O)N2CCc3ccc([N+](=O)[O-])cc32)cc1C. The van der Waals surface area contributed by atoms with Crippen molar-refractivity contribution in [2.24, 2.45) is 0 Å². The number of nitrogens with zero attached hydrogens (tertiary/aromatic N) is 2. The molecular weight excluding hydrogens is 354 g/mol. The Balaban J connectivity index is 1.67. The minimum atomic E-state index is -0.479. The van der Waals surface area contributed by atoms with Gasteiger partial charge in [0, 0.05) is 23.6 Å². The molecule has 0 bridgehead atoms. The Kier molecular flexibility index (Phi) is 5.03. The van der Waals surface area contributed by atoms with Crippen LogP contribution in [0.5, 0.6) is 0 Å². The molecule has 0 fully saturated rings. The first kappa shape index (κ1) is 18.1. The van der Waals surface area contributed by atoms with Gasteiger partial charge in [-0.15, -0.1) is 11.3 Å². The Morgan fingerprint density at radius 1 is 1.35 bits per heavy atom. The number of carbonyl (C=O) groups excluding carboxylic acids is 2. The van der Waals surface area contributed by atoms with Crippen LogP contribution in [0.3, 0.4) is 0 Å². The smallest absolute Gasteiger partial charge is 0.271 e. The minimum absolute atomic E-state index is 0.0476. The van der Waals surface area contributed by atoms with Gasteiger partial charge in [-0.1, -0.05) is 13.0 Å². The summed E-state index contributed by atoms with van der Waals surface area (Å²) in [5.74, 6) is -0.550. The first-order valence-electron chi connectivity index (χ1n) is 8.36. The topological polar surface area (TPSA) is 92.6 Å². The lowest BCUT2D eigenvalue weighted by Gasteiger charge is -2.17. The zero-order valence-corrected chi connectivity index (χ0v) is 15.4. The van der Waals surface area contributed by atoms with E-state index in [2.05, 4.69) is 5.32 Å². The number of nitrogens with one attached hydrogen (secondary N) is 1. The number of hydrogen-bond acceptors (Lipinski definition) is 5. The van der Waals surface area contributed by atoms with Crippen LogP contribution in [-0.2, 0) is 17.6 Å². The molecule has 7 nitrogen and oxygen atoms in total. The molecular formula is C18H19N3O4S. The highest BCUT2D eigenvalue weighted by Crippen LogP contribution is 2.31. The number of benzene rings is 1. The molecule has 0 aliphatic carbocycles. The summed E-state index contributed by atoms with van der Waals surface area (Å²) in [6.07, 6.45) is 1.52. The number of thiophene rings is 1. The molecule has 1 N–H and O–H groups in total. The van der Waals surface area contributed by atoms with Crippen LogP contribution in [0.15, 0.2) is 24.3 Å². The van der Waals surface area contributed by atoms with Crippen molar-refractivity contribution in [3.05, 3.63) is 55.3 Å². The van der Waals surface area contributed by atoms with E-state index in [1.807, 2.05) is 19.9 Å². The van der Waals surface area contributed by atoms with Crippen molar-refractivity contribution < 1.29 is 14.5 Å². The molecule has 0 atom stereocenters. The van der Waals surface area contributed by atoms with Crippen molar-refractivity contribution in [2.75, 3.05) is 18.0 Å². The van der Waals surface area contributed by atoms with E-state index in [1.165, 1.54) is 28.4 Å². The van der Waals surface area contributed by atoms with Gasteiger partial charge < -0.3 is 10.2 Å². The highest BCUT2D eigenvalue weighted by molar-refractivity contribution is 7.14. The number of fused-ring (bicyclic) bond motifs is 1. The largest absolute Gasteiger partial charge is 0.342 e. The van der Waals surface area contributed by atoms with Crippen LogP contribution < -0.4 is 10.2 Å². The second-order valence-corrected chi connectivity index (χ2v) is 7.26. The Labute approximate surface area is 154 Å². The molecule has 1 aliphatic heterocycles. The molecule has 0 saturated heterocycles. The number of rotatable bonds is 5. The van der Waals surface area contributed by atoms with Gasteiger partial charge in [0.05, 0.1) is 22.0 Å². The van der Waals surface area contributed by atoms with Crippen molar-refractivity contribution in [3.8, 4) is 0 Å². The van der Waals surface area contributed by atoms with E-state index in [9.17, 15) is 19.7 Å². The lowest BCUT2D eigenvalue weighted by atomic mass is 10.1. The van der Waals surface area contributed by atoms with Gasteiger partial charge in [-0.2, -0.15) is 0 Å². The third kappa shape index (κ3) is 3.45. The lowest BCUT2D eigenvalue weighted by molar-refractivity contribution is -0.384. The maximum absolute atomic E-state index is 12.5. The van der Waals surface area contributed by atoms with Gasteiger partial charge in [-0.05, 0) is 37.0 Å². The second-order valence-electron chi connectivity index (χ2n) is 6.12. The molecule has 1 aliphatic rings. The quantitative estimate of drug-likeness (QED) is 0.644. The van der Waals surface area contributed by atoms with E-state index in [-0.39, 0.29) is 24.0 Å². The zero-order valence-electron chi connectivity index (χ0n) is 14.6.